The maximum atomic E-state index is 12.7. The summed E-state index contributed by atoms with van der Waals surface area (Å²) in [6.07, 6.45) is 1.52. The molecule has 12 nitrogen and oxygen atoms in total. The van der Waals surface area contributed by atoms with Crippen LogP contribution in [-0.2, 0) is 13.2 Å². The number of anilines is 1. The lowest BCUT2D eigenvalue weighted by molar-refractivity contribution is 0.0948. The lowest BCUT2D eigenvalue weighted by atomic mass is 10.2. The summed E-state index contributed by atoms with van der Waals surface area (Å²) in [7, 11) is 3.68. The van der Waals surface area contributed by atoms with Crippen LogP contribution in [0.3, 0.4) is 0 Å². The molecule has 0 saturated carbocycles. The zero-order valence-electron chi connectivity index (χ0n) is 18.6. The van der Waals surface area contributed by atoms with E-state index in [1.54, 1.807) is 0 Å². The molecule has 0 radical (unpaired) electrons. The largest absolute Gasteiger partial charge is 0.489 e. The van der Waals surface area contributed by atoms with E-state index in [9.17, 15) is 4.79 Å². The molecule has 1 amide bonds. The van der Waals surface area contributed by atoms with Crippen LogP contribution in [0.4, 0.5) is 5.82 Å². The Bertz CT molecular complexity index is 1260. The van der Waals surface area contributed by atoms with Gasteiger partial charge < -0.3 is 15.4 Å². The van der Waals surface area contributed by atoms with Crippen molar-refractivity contribution in [2.75, 3.05) is 19.8 Å². The van der Waals surface area contributed by atoms with Crippen LogP contribution >= 0.6 is 0 Å². The van der Waals surface area contributed by atoms with Gasteiger partial charge in [0, 0.05) is 6.54 Å². The molecule has 0 bridgehead atoms. The third-order valence-corrected chi connectivity index (χ3v) is 4.65. The molecule has 4 aromatic rings. The maximum absolute atomic E-state index is 12.7. The van der Waals surface area contributed by atoms with Gasteiger partial charge >= 0.3 is 0 Å². The number of rotatable bonds is 9. The minimum Gasteiger partial charge on any atom is -0.489 e. The molecular formula is C22H23N9O3. The summed E-state index contributed by atoms with van der Waals surface area (Å²) in [6.45, 7) is 0.826. The number of carbonyl (C=O) groups is 1. The highest BCUT2D eigenvalue weighted by Crippen LogP contribution is 2.17. The third-order valence-electron chi connectivity index (χ3n) is 4.65. The Morgan fingerprint density at radius 1 is 1.18 bits per heavy atom. The van der Waals surface area contributed by atoms with E-state index in [0.717, 1.165) is 16.9 Å². The van der Waals surface area contributed by atoms with E-state index in [4.69, 9.17) is 10.5 Å². The van der Waals surface area contributed by atoms with Crippen molar-refractivity contribution < 1.29 is 14.2 Å². The summed E-state index contributed by atoms with van der Waals surface area (Å²) in [6, 6.07) is 17.3. The number of nitrogens with two attached hydrogens (primary N) is 1. The van der Waals surface area contributed by atoms with Crippen LogP contribution in [0.25, 0.3) is 5.82 Å². The number of amides is 1. The number of hydrogen-bond acceptors (Lipinski definition) is 10. The van der Waals surface area contributed by atoms with Crippen molar-refractivity contribution in [2.45, 2.75) is 13.2 Å². The molecule has 0 spiro atoms. The predicted molar refractivity (Wildman–Crippen MR) is 123 cm³/mol. The molecule has 4 rings (SSSR count). The maximum Gasteiger partial charge on any atom is 0.293 e. The van der Waals surface area contributed by atoms with Crippen molar-refractivity contribution in [2.24, 2.45) is 5.10 Å². The van der Waals surface area contributed by atoms with Gasteiger partial charge in [-0.3, -0.25) is 4.79 Å². The van der Waals surface area contributed by atoms with E-state index in [1.165, 1.54) is 10.9 Å². The highest BCUT2D eigenvalue weighted by atomic mass is 16.6. The standard InChI is InChI=1S/C22H23N9O3/c1-30(2)13-18-19(25-29-31(18)21-20(23)27-34-28-21)22(32)26-24-12-15-8-10-17(11-9-15)33-14-16-6-4-3-5-7-16/h3-12H,13-14H2,1-2H3,(H2,23,27)(H,26,32)/b24-12-. The quantitative estimate of drug-likeness (QED) is 0.280. The van der Waals surface area contributed by atoms with Crippen LogP contribution in [0.2, 0.25) is 0 Å². The summed E-state index contributed by atoms with van der Waals surface area (Å²) in [4.78, 5) is 14.6. The lowest BCUT2D eigenvalue weighted by Crippen LogP contribution is -2.23. The minimum absolute atomic E-state index is 0.0334. The van der Waals surface area contributed by atoms with Crippen LogP contribution < -0.4 is 15.9 Å². The van der Waals surface area contributed by atoms with Crippen molar-refractivity contribution in [1.29, 1.82) is 0 Å². The number of nitrogens with one attached hydrogen (secondary N) is 1. The van der Waals surface area contributed by atoms with Crippen LogP contribution in [0, 0.1) is 0 Å². The van der Waals surface area contributed by atoms with Crippen molar-refractivity contribution >= 4 is 17.9 Å². The van der Waals surface area contributed by atoms with Gasteiger partial charge in [-0.15, -0.1) is 5.10 Å². The molecule has 0 saturated heterocycles. The fourth-order valence-electron chi connectivity index (χ4n) is 3.04. The summed E-state index contributed by atoms with van der Waals surface area (Å²) in [5.41, 5.74) is 10.6. The number of carbonyl (C=O) groups excluding carboxylic acids is 1. The smallest absolute Gasteiger partial charge is 0.293 e. The van der Waals surface area contributed by atoms with Gasteiger partial charge in [0.2, 0.25) is 11.6 Å². The highest BCUT2D eigenvalue weighted by molar-refractivity contribution is 5.94. The van der Waals surface area contributed by atoms with Gasteiger partial charge in [0.1, 0.15) is 12.4 Å². The average Bonchev–Trinajstić information content (AvgIpc) is 3.44. The van der Waals surface area contributed by atoms with Crippen molar-refractivity contribution in [1.82, 2.24) is 35.6 Å². The summed E-state index contributed by atoms with van der Waals surface area (Å²) < 4.78 is 11.7. The van der Waals surface area contributed by atoms with Crippen molar-refractivity contribution in [3.8, 4) is 11.6 Å². The molecule has 34 heavy (non-hydrogen) atoms. The molecule has 12 heteroatoms. The monoisotopic (exact) mass is 461 g/mol. The molecule has 2 aromatic carbocycles. The number of nitrogens with zero attached hydrogens (tertiary/aromatic N) is 7. The first kappa shape index (κ1) is 22.6. The molecule has 3 N–H and O–H groups in total. The van der Waals surface area contributed by atoms with Crippen molar-refractivity contribution in [3.63, 3.8) is 0 Å². The number of hydrogen-bond donors (Lipinski definition) is 2. The molecule has 0 atom stereocenters. The first-order valence-electron chi connectivity index (χ1n) is 10.3. The fraction of sp³-hybridized carbons (Fsp3) is 0.182. The van der Waals surface area contributed by atoms with Gasteiger partial charge in [-0.1, -0.05) is 35.5 Å². The van der Waals surface area contributed by atoms with E-state index >= 15 is 0 Å². The fourth-order valence-corrected chi connectivity index (χ4v) is 3.04. The van der Waals surface area contributed by atoms with Gasteiger partial charge in [-0.25, -0.2) is 10.1 Å². The summed E-state index contributed by atoms with van der Waals surface area (Å²) in [5.74, 6) is 0.390. The zero-order valence-corrected chi connectivity index (χ0v) is 18.6. The van der Waals surface area contributed by atoms with E-state index in [-0.39, 0.29) is 17.3 Å². The van der Waals surface area contributed by atoms with E-state index in [0.29, 0.717) is 18.8 Å². The Labute approximate surface area is 195 Å². The second kappa shape index (κ2) is 10.4. The molecule has 2 aromatic heterocycles. The second-order valence-corrected chi connectivity index (χ2v) is 7.55. The van der Waals surface area contributed by atoms with Crippen LogP contribution in [0.5, 0.6) is 5.75 Å². The van der Waals surface area contributed by atoms with E-state index in [2.05, 4.69) is 35.8 Å². The molecular weight excluding hydrogens is 438 g/mol. The Balaban J connectivity index is 1.40. The minimum atomic E-state index is -0.530. The summed E-state index contributed by atoms with van der Waals surface area (Å²) in [5, 5.41) is 19.2. The van der Waals surface area contributed by atoms with Crippen LogP contribution in [0.1, 0.15) is 27.3 Å². The summed E-state index contributed by atoms with van der Waals surface area (Å²) >= 11 is 0. The average molecular weight is 461 g/mol. The van der Waals surface area contributed by atoms with Gasteiger partial charge in [0.25, 0.3) is 5.91 Å². The third kappa shape index (κ3) is 5.42. The van der Waals surface area contributed by atoms with Gasteiger partial charge in [0.15, 0.2) is 5.69 Å². The van der Waals surface area contributed by atoms with Gasteiger partial charge in [0.05, 0.1) is 11.9 Å². The molecule has 0 aliphatic rings. The first-order valence-corrected chi connectivity index (χ1v) is 10.3. The van der Waals surface area contributed by atoms with Gasteiger partial charge in [-0.2, -0.15) is 9.78 Å². The van der Waals surface area contributed by atoms with Crippen LogP contribution in [0.15, 0.2) is 64.3 Å². The molecule has 0 aliphatic carbocycles. The normalized spacial score (nSPS) is 11.3. The molecule has 0 aliphatic heterocycles. The Hall–Kier alpha value is -4.58. The Morgan fingerprint density at radius 2 is 1.94 bits per heavy atom. The zero-order chi connectivity index (χ0) is 23.9. The Morgan fingerprint density at radius 3 is 2.62 bits per heavy atom. The number of nitrogen functional groups attached to an aromatic ring is 1. The van der Waals surface area contributed by atoms with Crippen molar-refractivity contribution in [3.05, 3.63) is 77.1 Å². The van der Waals surface area contributed by atoms with Gasteiger partial charge in [-0.05, 0) is 59.8 Å². The predicted octanol–water partition coefficient (Wildman–Crippen LogP) is 1.64. The topological polar surface area (TPSA) is 150 Å². The van der Waals surface area contributed by atoms with E-state index < -0.39 is 5.91 Å². The lowest BCUT2D eigenvalue weighted by Gasteiger charge is -2.11. The molecule has 0 fully saturated rings. The van der Waals surface area contributed by atoms with E-state index in [1.807, 2.05) is 73.6 Å². The van der Waals surface area contributed by atoms with Crippen LogP contribution in [-0.4, -0.2) is 56.4 Å². The first-order chi connectivity index (χ1) is 16.5. The molecule has 174 valence electrons. The number of ether oxygens (including phenoxy) is 1. The highest BCUT2D eigenvalue weighted by Gasteiger charge is 2.24. The number of aromatic nitrogens is 5. The second-order valence-electron chi connectivity index (χ2n) is 7.55. The number of benzene rings is 2. The Kier molecular flexibility index (Phi) is 6.89. The number of hydrazone groups is 1. The molecule has 2 heterocycles. The molecule has 0 unspecified atom stereocenters. The SMILES string of the molecule is CN(C)Cc1c(C(=O)N/N=C\c2ccc(OCc3ccccc3)cc2)nnn1-c1nonc1N.